The number of hydrogen-bond donors (Lipinski definition) is 5. The fourth-order valence-electron chi connectivity index (χ4n) is 1.07. The Kier molecular flexibility index (Phi) is 7.51. The summed E-state index contributed by atoms with van der Waals surface area (Å²) in [5.41, 5.74) is 5.21. The number of amides is 1. The van der Waals surface area contributed by atoms with E-state index in [2.05, 4.69) is 23.3 Å². The molecule has 0 aliphatic carbocycles. The number of nitrogens with one attached hydrogen (secondary N) is 2. The van der Waals surface area contributed by atoms with Crippen LogP contribution in [-0.4, -0.2) is 47.3 Å². The molecule has 0 aromatic rings. The van der Waals surface area contributed by atoms with Gasteiger partial charge in [0.2, 0.25) is 5.91 Å². The minimum absolute atomic E-state index is 0.0488. The number of carboxylic acid groups (broad SMARTS) is 1. The quantitative estimate of drug-likeness (QED) is 0.203. The van der Waals surface area contributed by atoms with Crippen LogP contribution in [0.5, 0.6) is 0 Å². The molecule has 1 unspecified atom stereocenters. The van der Waals surface area contributed by atoms with Crippen LogP contribution < -0.4 is 16.4 Å². The monoisotopic (exact) mass is 263 g/mol. The van der Waals surface area contributed by atoms with Gasteiger partial charge in [-0.3, -0.25) is 19.7 Å². The number of Topliss-reactive ketones (excluding diaryl/α,β-unsaturated/α-hetero) is 1. The van der Waals surface area contributed by atoms with Crippen LogP contribution in [0.15, 0.2) is 0 Å². The van der Waals surface area contributed by atoms with Gasteiger partial charge in [-0.25, -0.2) is 0 Å². The van der Waals surface area contributed by atoms with Crippen LogP contribution in [0.3, 0.4) is 0 Å². The first-order valence-corrected chi connectivity index (χ1v) is 5.64. The van der Waals surface area contributed by atoms with Gasteiger partial charge < -0.3 is 16.2 Å². The van der Waals surface area contributed by atoms with Crippen LogP contribution in [0, 0.1) is 0 Å². The summed E-state index contributed by atoms with van der Waals surface area (Å²) in [6.07, 6.45) is -0.635. The Morgan fingerprint density at radius 2 is 2.00 bits per heavy atom. The largest absolute Gasteiger partial charge is 0.481 e. The van der Waals surface area contributed by atoms with Crippen molar-refractivity contribution in [2.24, 2.45) is 5.73 Å². The molecule has 0 bridgehead atoms. The number of carbonyl (C=O) groups is 3. The molecule has 0 aromatic heterocycles. The summed E-state index contributed by atoms with van der Waals surface area (Å²) in [7, 11) is 0. The van der Waals surface area contributed by atoms with Crippen LogP contribution >= 0.6 is 12.6 Å². The van der Waals surface area contributed by atoms with Gasteiger partial charge in [0.25, 0.3) is 0 Å². The summed E-state index contributed by atoms with van der Waals surface area (Å²) < 4.78 is 0. The van der Waals surface area contributed by atoms with E-state index in [-0.39, 0.29) is 12.4 Å². The first-order valence-electron chi connectivity index (χ1n) is 5.01. The fraction of sp³-hybridized carbons (Fsp3) is 0.667. The van der Waals surface area contributed by atoms with Crippen molar-refractivity contribution in [1.29, 1.82) is 0 Å². The summed E-state index contributed by atoms with van der Waals surface area (Å²) in [6, 6.07) is -1.45. The Bertz CT molecular complexity index is 298. The maximum absolute atomic E-state index is 11.5. The van der Waals surface area contributed by atoms with E-state index >= 15 is 0 Å². The van der Waals surface area contributed by atoms with E-state index in [4.69, 9.17) is 10.8 Å². The first kappa shape index (κ1) is 15.9. The van der Waals surface area contributed by atoms with Crippen molar-refractivity contribution in [3.05, 3.63) is 0 Å². The van der Waals surface area contributed by atoms with Crippen LogP contribution in [0.1, 0.15) is 13.3 Å². The highest BCUT2D eigenvalue weighted by Crippen LogP contribution is 1.96. The van der Waals surface area contributed by atoms with Crippen LogP contribution in [-0.2, 0) is 14.4 Å². The highest BCUT2D eigenvalue weighted by Gasteiger charge is 2.23. The predicted molar refractivity (Wildman–Crippen MR) is 64.7 cm³/mol. The van der Waals surface area contributed by atoms with E-state index in [1.165, 1.54) is 0 Å². The summed E-state index contributed by atoms with van der Waals surface area (Å²) in [4.78, 5) is 33.3. The van der Waals surface area contributed by atoms with Crippen molar-refractivity contribution in [3.8, 4) is 0 Å². The zero-order valence-electron chi connectivity index (χ0n) is 9.47. The van der Waals surface area contributed by atoms with Crippen molar-refractivity contribution in [3.63, 3.8) is 0 Å². The van der Waals surface area contributed by atoms with E-state index in [1.54, 1.807) is 6.92 Å². The van der Waals surface area contributed by atoms with Gasteiger partial charge in [0, 0.05) is 12.4 Å². The fourth-order valence-corrected chi connectivity index (χ4v) is 1.36. The summed E-state index contributed by atoms with van der Waals surface area (Å²) in [5.74, 6) is -2.19. The Morgan fingerprint density at radius 3 is 2.41 bits per heavy atom. The van der Waals surface area contributed by atoms with Gasteiger partial charge in [0.05, 0.1) is 12.1 Å². The minimum atomic E-state index is -1.23. The molecule has 5 N–H and O–H groups in total. The Hall–Kier alpha value is -1.12. The van der Waals surface area contributed by atoms with Gasteiger partial charge in [-0.05, 0) is 6.92 Å². The number of aliphatic carboxylic acids is 1. The van der Waals surface area contributed by atoms with Crippen molar-refractivity contribution in [2.75, 3.05) is 12.4 Å². The molecule has 0 saturated heterocycles. The lowest BCUT2D eigenvalue weighted by Crippen LogP contribution is -2.51. The van der Waals surface area contributed by atoms with Crippen LogP contribution in [0.25, 0.3) is 0 Å². The second-order valence-corrected chi connectivity index (χ2v) is 3.78. The summed E-state index contributed by atoms with van der Waals surface area (Å²) >= 11 is 3.90. The molecule has 0 aromatic carbocycles. The third-order valence-electron chi connectivity index (χ3n) is 2.03. The molecule has 1 amide bonds. The Labute approximate surface area is 105 Å². The first-order chi connectivity index (χ1) is 7.92. The molecule has 0 spiro atoms. The smallest absolute Gasteiger partial charge is 0.310 e. The molecule has 2 atom stereocenters. The molecule has 17 heavy (non-hydrogen) atoms. The van der Waals surface area contributed by atoms with E-state index in [0.717, 1.165) is 0 Å². The third-order valence-corrected chi connectivity index (χ3v) is 2.40. The van der Waals surface area contributed by atoms with Crippen LogP contribution in [0.4, 0.5) is 0 Å². The molecule has 8 heteroatoms. The van der Waals surface area contributed by atoms with Crippen LogP contribution in [0.2, 0.25) is 0 Å². The maximum Gasteiger partial charge on any atom is 0.310 e. The van der Waals surface area contributed by atoms with Gasteiger partial charge in [0.15, 0.2) is 5.78 Å². The number of thiol groups is 1. The van der Waals surface area contributed by atoms with E-state index in [1.807, 2.05) is 0 Å². The molecule has 0 aliphatic rings. The number of carbonyl (C=O) groups excluding carboxylic acids is 2. The normalized spacial score (nSPS) is 13.8. The molecule has 0 saturated carbocycles. The lowest BCUT2D eigenvalue weighted by molar-refractivity contribution is -0.141. The van der Waals surface area contributed by atoms with Gasteiger partial charge in [-0.1, -0.05) is 0 Å². The third kappa shape index (κ3) is 6.25. The number of ketones is 1. The molecule has 0 fully saturated rings. The predicted octanol–water partition coefficient (Wildman–Crippen LogP) is -1.66. The lowest BCUT2D eigenvalue weighted by atomic mass is 10.1. The van der Waals surface area contributed by atoms with E-state index < -0.39 is 36.2 Å². The molecule has 0 aliphatic heterocycles. The van der Waals surface area contributed by atoms with Gasteiger partial charge >= 0.3 is 5.97 Å². The zero-order valence-corrected chi connectivity index (χ0v) is 10.4. The second-order valence-electron chi connectivity index (χ2n) is 3.41. The second kappa shape index (κ2) is 8.04. The standard InChI is InChI=1S/C9H17N3O4S/c1-5(11-4-10)9(16)12-6(3-17)7(13)2-8(14)15/h5-6,11,17H,2-4,10H2,1H3,(H,12,16)(H,14,15)/t5-,6?/m0/s1. The summed E-state index contributed by atoms with van der Waals surface area (Å²) in [6.45, 7) is 1.71. The Morgan fingerprint density at radius 1 is 1.41 bits per heavy atom. The average Bonchev–Trinajstić information content (AvgIpc) is 2.24. The molecular weight excluding hydrogens is 246 g/mol. The average molecular weight is 263 g/mol. The number of rotatable bonds is 8. The molecule has 98 valence electrons. The van der Waals surface area contributed by atoms with Gasteiger partial charge in [-0.2, -0.15) is 12.6 Å². The highest BCUT2D eigenvalue weighted by atomic mass is 32.1. The van der Waals surface area contributed by atoms with Gasteiger partial charge in [0.1, 0.15) is 6.42 Å². The highest BCUT2D eigenvalue weighted by molar-refractivity contribution is 7.80. The number of carboxylic acids is 1. The van der Waals surface area contributed by atoms with Crippen molar-refractivity contribution < 1.29 is 19.5 Å². The topological polar surface area (TPSA) is 122 Å². The van der Waals surface area contributed by atoms with Crippen molar-refractivity contribution in [2.45, 2.75) is 25.4 Å². The number of hydrogen-bond acceptors (Lipinski definition) is 6. The van der Waals surface area contributed by atoms with E-state index in [9.17, 15) is 14.4 Å². The Balaban J connectivity index is 4.34. The SMILES string of the molecule is C[C@H](NCN)C(=O)NC(CS)C(=O)CC(=O)O. The summed E-state index contributed by atoms with van der Waals surface area (Å²) in [5, 5.41) is 13.5. The zero-order chi connectivity index (χ0) is 13.4. The molecule has 7 nitrogen and oxygen atoms in total. The van der Waals surface area contributed by atoms with Crippen molar-refractivity contribution in [1.82, 2.24) is 10.6 Å². The number of nitrogens with two attached hydrogens (primary N) is 1. The maximum atomic E-state index is 11.5. The van der Waals surface area contributed by atoms with E-state index in [0.29, 0.717) is 0 Å². The molecule has 0 rings (SSSR count). The molecular formula is C9H17N3O4S. The lowest BCUT2D eigenvalue weighted by Gasteiger charge is -2.18. The molecule has 0 radical (unpaired) electrons. The molecule has 0 heterocycles. The van der Waals surface area contributed by atoms with Gasteiger partial charge in [-0.15, -0.1) is 0 Å². The minimum Gasteiger partial charge on any atom is -0.481 e. The van der Waals surface area contributed by atoms with Crippen molar-refractivity contribution >= 4 is 30.3 Å².